The second-order valence-corrected chi connectivity index (χ2v) is 8.15. The maximum Gasteiger partial charge on any atom is 0.238 e. The zero-order valence-corrected chi connectivity index (χ0v) is 17.3. The fourth-order valence-electron chi connectivity index (χ4n) is 3.98. The number of nitrogens with two attached hydrogens (primary N) is 1. The molecule has 1 aliphatic heterocycles. The van der Waals surface area contributed by atoms with Crippen molar-refractivity contribution in [2.75, 3.05) is 6.54 Å². The number of benzene rings is 1. The molecule has 2 aliphatic rings. The molecule has 0 bridgehead atoms. The van der Waals surface area contributed by atoms with Crippen LogP contribution in [0.15, 0.2) is 48.3 Å². The van der Waals surface area contributed by atoms with Crippen molar-refractivity contribution in [3.8, 4) is 0 Å². The molecule has 29 heavy (non-hydrogen) atoms. The van der Waals surface area contributed by atoms with Crippen LogP contribution in [0.3, 0.4) is 0 Å². The second-order valence-electron chi connectivity index (χ2n) is 7.74. The summed E-state index contributed by atoms with van der Waals surface area (Å²) in [4.78, 5) is 27.2. The maximum absolute atomic E-state index is 13.1. The number of hydrogen-bond donors (Lipinski definition) is 3. The third-order valence-electron chi connectivity index (χ3n) is 5.65. The van der Waals surface area contributed by atoms with Gasteiger partial charge in [0, 0.05) is 29.5 Å². The van der Waals surface area contributed by atoms with Gasteiger partial charge in [-0.2, -0.15) is 0 Å². The Hall–Kier alpha value is -2.60. The summed E-state index contributed by atoms with van der Waals surface area (Å²) in [6.45, 7) is 2.39. The number of rotatable bonds is 8. The Kier molecular flexibility index (Phi) is 6.42. The van der Waals surface area contributed by atoms with Gasteiger partial charge < -0.3 is 21.4 Å². The molecule has 2 fully saturated rings. The number of amides is 2. The molecular formula is C22H27ClN4O2. The van der Waals surface area contributed by atoms with Gasteiger partial charge in [-0.3, -0.25) is 9.59 Å². The van der Waals surface area contributed by atoms with Crippen molar-refractivity contribution >= 4 is 29.6 Å². The summed E-state index contributed by atoms with van der Waals surface area (Å²) in [6.07, 6.45) is 9.01. The Balaban J connectivity index is 1.70. The molecule has 4 N–H and O–H groups in total. The van der Waals surface area contributed by atoms with Gasteiger partial charge in [-0.05, 0) is 62.1 Å². The van der Waals surface area contributed by atoms with Crippen LogP contribution in [0.1, 0.15) is 31.7 Å². The van der Waals surface area contributed by atoms with Crippen LogP contribution in [0.4, 0.5) is 0 Å². The number of likely N-dealkylation sites (tertiary alicyclic amines) is 1. The van der Waals surface area contributed by atoms with Gasteiger partial charge >= 0.3 is 0 Å². The lowest BCUT2D eigenvalue weighted by Gasteiger charge is -2.24. The smallest absolute Gasteiger partial charge is 0.238 e. The minimum atomic E-state index is -0.682. The average molecular weight is 415 g/mol. The summed E-state index contributed by atoms with van der Waals surface area (Å²) in [5.74, 6) is 0.0693. The molecule has 0 spiro atoms. The van der Waals surface area contributed by atoms with E-state index in [2.05, 4.69) is 5.32 Å². The van der Waals surface area contributed by atoms with E-state index in [1.54, 1.807) is 17.0 Å². The standard InChI is InChI=1S/C22H27ClN4O2/c1-15(26-20(28)13-16-4-2-3-5-19(16)23)12-18(8-10-24)27-11-9-22(14-25,21(27)29)17-6-7-17/h2-5,8,10,12,14-15,17,25H,6-7,9,11,13,24H2,1H3,(H,26,28)/b10-8-,18-12+,25-14?/t15?,22-/m1/s1. The third kappa shape index (κ3) is 4.53. The molecule has 1 aromatic carbocycles. The Bertz CT molecular complexity index is 862. The summed E-state index contributed by atoms with van der Waals surface area (Å²) in [7, 11) is 0. The number of hydrogen-bond acceptors (Lipinski definition) is 4. The van der Waals surface area contributed by atoms with E-state index in [0.29, 0.717) is 23.7 Å². The van der Waals surface area contributed by atoms with Gasteiger partial charge in [0.2, 0.25) is 11.8 Å². The van der Waals surface area contributed by atoms with Crippen molar-refractivity contribution in [3.63, 3.8) is 0 Å². The summed E-state index contributed by atoms with van der Waals surface area (Å²) >= 11 is 6.13. The molecule has 0 aromatic heterocycles. The zero-order chi connectivity index (χ0) is 21.0. The topological polar surface area (TPSA) is 99.3 Å². The highest BCUT2D eigenvalue weighted by molar-refractivity contribution is 6.31. The first kappa shape index (κ1) is 21.1. The summed E-state index contributed by atoms with van der Waals surface area (Å²) in [5, 5.41) is 11.3. The number of halogens is 1. The van der Waals surface area contributed by atoms with E-state index >= 15 is 0 Å². The first-order valence-electron chi connectivity index (χ1n) is 9.87. The largest absolute Gasteiger partial charge is 0.405 e. The lowest BCUT2D eigenvalue weighted by molar-refractivity contribution is -0.131. The van der Waals surface area contributed by atoms with Gasteiger partial charge in [-0.25, -0.2) is 0 Å². The summed E-state index contributed by atoms with van der Waals surface area (Å²) in [6, 6.07) is 6.94. The minimum absolute atomic E-state index is 0.0473. The maximum atomic E-state index is 13.1. The normalized spacial score (nSPS) is 23.4. The SMILES string of the molecule is CC(/C=C(\C=C/N)N1CC[C@@](C=N)(C2CC2)C1=O)NC(=O)Cc1ccccc1Cl. The van der Waals surface area contributed by atoms with Crippen LogP contribution in [0, 0.1) is 16.7 Å². The van der Waals surface area contributed by atoms with E-state index in [9.17, 15) is 9.59 Å². The van der Waals surface area contributed by atoms with Crippen LogP contribution in [0.5, 0.6) is 0 Å². The minimum Gasteiger partial charge on any atom is -0.405 e. The monoisotopic (exact) mass is 414 g/mol. The van der Waals surface area contributed by atoms with E-state index in [1.807, 2.05) is 31.2 Å². The molecule has 1 aromatic rings. The highest BCUT2D eigenvalue weighted by Crippen LogP contribution is 2.51. The first-order valence-corrected chi connectivity index (χ1v) is 10.3. The Morgan fingerprint density at radius 1 is 1.45 bits per heavy atom. The quantitative estimate of drug-likeness (QED) is 0.450. The molecule has 0 radical (unpaired) electrons. The lowest BCUT2D eigenvalue weighted by atomic mass is 9.82. The summed E-state index contributed by atoms with van der Waals surface area (Å²) < 4.78 is 0. The van der Waals surface area contributed by atoms with Gasteiger partial charge in [0.05, 0.1) is 11.8 Å². The Labute approximate surface area is 176 Å². The van der Waals surface area contributed by atoms with Crippen molar-refractivity contribution in [2.45, 2.75) is 38.6 Å². The number of nitrogens with one attached hydrogen (secondary N) is 2. The fraction of sp³-hybridized carbons (Fsp3) is 0.409. The van der Waals surface area contributed by atoms with Gasteiger partial charge in [-0.15, -0.1) is 0 Å². The van der Waals surface area contributed by atoms with E-state index < -0.39 is 5.41 Å². The van der Waals surface area contributed by atoms with Crippen molar-refractivity contribution in [3.05, 3.63) is 58.9 Å². The van der Waals surface area contributed by atoms with Gasteiger partial charge in [0.15, 0.2) is 0 Å². The number of allylic oxidation sites excluding steroid dienone is 1. The van der Waals surface area contributed by atoms with E-state index in [0.717, 1.165) is 18.4 Å². The first-order chi connectivity index (χ1) is 13.9. The number of carbonyl (C=O) groups is 2. The molecule has 1 unspecified atom stereocenters. The van der Waals surface area contributed by atoms with Crippen LogP contribution in [-0.4, -0.2) is 35.5 Å². The predicted molar refractivity (Wildman–Crippen MR) is 114 cm³/mol. The number of carbonyl (C=O) groups excluding carboxylic acids is 2. The molecule has 1 heterocycles. The lowest BCUT2D eigenvalue weighted by Crippen LogP contribution is -2.38. The zero-order valence-electron chi connectivity index (χ0n) is 16.5. The molecule has 1 saturated carbocycles. The molecule has 6 nitrogen and oxygen atoms in total. The van der Waals surface area contributed by atoms with Gasteiger partial charge in [-0.1, -0.05) is 29.8 Å². The molecule has 154 valence electrons. The Morgan fingerprint density at radius 3 is 2.79 bits per heavy atom. The molecular weight excluding hydrogens is 388 g/mol. The van der Waals surface area contributed by atoms with Gasteiger partial charge in [0.1, 0.15) is 0 Å². The highest BCUT2D eigenvalue weighted by Gasteiger charge is 2.55. The van der Waals surface area contributed by atoms with Crippen molar-refractivity contribution in [1.82, 2.24) is 10.2 Å². The predicted octanol–water partition coefficient (Wildman–Crippen LogP) is 3.02. The molecule has 7 heteroatoms. The van der Waals surface area contributed by atoms with Crippen LogP contribution in [-0.2, 0) is 16.0 Å². The summed E-state index contributed by atoms with van der Waals surface area (Å²) in [5.41, 5.74) is 6.33. The molecule has 2 atom stereocenters. The van der Waals surface area contributed by atoms with Crippen molar-refractivity contribution < 1.29 is 9.59 Å². The van der Waals surface area contributed by atoms with Crippen LogP contribution >= 0.6 is 11.6 Å². The molecule has 1 saturated heterocycles. The molecule has 2 amide bonds. The van der Waals surface area contributed by atoms with Gasteiger partial charge in [0.25, 0.3) is 0 Å². The van der Waals surface area contributed by atoms with Crippen LogP contribution in [0.25, 0.3) is 0 Å². The van der Waals surface area contributed by atoms with E-state index in [4.69, 9.17) is 22.7 Å². The van der Waals surface area contributed by atoms with Crippen molar-refractivity contribution in [1.29, 1.82) is 5.41 Å². The van der Waals surface area contributed by atoms with E-state index in [-0.39, 0.29) is 30.2 Å². The highest BCUT2D eigenvalue weighted by atomic mass is 35.5. The van der Waals surface area contributed by atoms with Crippen molar-refractivity contribution in [2.24, 2.45) is 17.1 Å². The second kappa shape index (κ2) is 8.82. The third-order valence-corrected chi connectivity index (χ3v) is 6.02. The molecule has 3 rings (SSSR count). The average Bonchev–Trinajstić information content (AvgIpc) is 3.47. The van der Waals surface area contributed by atoms with E-state index in [1.165, 1.54) is 12.4 Å². The van der Waals surface area contributed by atoms with Crippen LogP contribution < -0.4 is 11.1 Å². The fourth-order valence-corrected chi connectivity index (χ4v) is 4.19. The van der Waals surface area contributed by atoms with Crippen LogP contribution in [0.2, 0.25) is 5.02 Å². The number of nitrogens with zero attached hydrogens (tertiary/aromatic N) is 1. The molecule has 1 aliphatic carbocycles. The Morgan fingerprint density at radius 2 is 2.17 bits per heavy atom.